The molecule has 0 N–H and O–H groups in total. The van der Waals surface area contributed by atoms with Gasteiger partial charge in [0.2, 0.25) is 5.91 Å². The summed E-state index contributed by atoms with van der Waals surface area (Å²) in [6.45, 7) is 3.95. The molecule has 1 aliphatic heterocycles. The van der Waals surface area contributed by atoms with Crippen molar-refractivity contribution in [2.45, 2.75) is 25.8 Å². The van der Waals surface area contributed by atoms with Crippen LogP contribution in [0.25, 0.3) is 11.5 Å². The zero-order valence-electron chi connectivity index (χ0n) is 16.5. The maximum Gasteiger partial charge on any atom is 0.257 e. The second kappa shape index (κ2) is 9.47. The third-order valence-corrected chi connectivity index (χ3v) is 5.27. The van der Waals surface area contributed by atoms with Crippen LogP contribution in [-0.2, 0) is 17.8 Å². The number of nitrogens with zero attached hydrogens (tertiary/aromatic N) is 4. The van der Waals surface area contributed by atoms with E-state index >= 15 is 0 Å². The highest BCUT2D eigenvalue weighted by Gasteiger charge is 2.20. The largest absolute Gasteiger partial charge is 0.341 e. The highest BCUT2D eigenvalue weighted by atomic mass is 16.5. The summed E-state index contributed by atoms with van der Waals surface area (Å²) in [7, 11) is 0. The highest BCUT2D eigenvalue weighted by Crippen LogP contribution is 2.17. The molecule has 0 saturated carbocycles. The molecule has 0 bridgehead atoms. The van der Waals surface area contributed by atoms with Crippen molar-refractivity contribution in [1.82, 2.24) is 19.9 Å². The Bertz CT molecular complexity index is 911. The third-order valence-electron chi connectivity index (χ3n) is 5.27. The van der Waals surface area contributed by atoms with Crippen LogP contribution in [0.4, 0.5) is 0 Å². The van der Waals surface area contributed by atoms with Gasteiger partial charge in [-0.05, 0) is 30.5 Å². The van der Waals surface area contributed by atoms with Gasteiger partial charge in [-0.3, -0.25) is 9.69 Å². The first-order valence-corrected chi connectivity index (χ1v) is 10.2. The number of carbonyl (C=O) groups is 1. The second-order valence-electron chi connectivity index (χ2n) is 7.38. The second-order valence-corrected chi connectivity index (χ2v) is 7.38. The highest BCUT2D eigenvalue weighted by molar-refractivity contribution is 5.76. The van der Waals surface area contributed by atoms with E-state index in [-0.39, 0.29) is 5.91 Å². The molecule has 0 atom stereocenters. The van der Waals surface area contributed by atoms with Crippen LogP contribution in [0.2, 0.25) is 0 Å². The van der Waals surface area contributed by atoms with Gasteiger partial charge < -0.3 is 9.42 Å². The van der Waals surface area contributed by atoms with Gasteiger partial charge in [-0.15, -0.1) is 0 Å². The lowest BCUT2D eigenvalue weighted by molar-refractivity contribution is -0.131. The van der Waals surface area contributed by atoms with E-state index in [1.165, 1.54) is 5.56 Å². The van der Waals surface area contributed by atoms with Crippen LogP contribution >= 0.6 is 0 Å². The molecule has 6 heteroatoms. The van der Waals surface area contributed by atoms with Crippen LogP contribution in [0, 0.1) is 0 Å². The Kier molecular flexibility index (Phi) is 6.32. The third kappa shape index (κ3) is 5.29. The van der Waals surface area contributed by atoms with Crippen LogP contribution in [0.3, 0.4) is 0 Å². The van der Waals surface area contributed by atoms with Gasteiger partial charge >= 0.3 is 0 Å². The predicted octanol–water partition coefficient (Wildman–Crippen LogP) is 3.40. The van der Waals surface area contributed by atoms with Gasteiger partial charge in [0.25, 0.3) is 5.89 Å². The molecule has 1 fully saturated rings. The molecule has 3 aromatic rings. The minimum atomic E-state index is 0.238. The normalized spacial score (nSPS) is 15.2. The van der Waals surface area contributed by atoms with Gasteiger partial charge in [0.05, 0.1) is 6.54 Å². The fourth-order valence-corrected chi connectivity index (χ4v) is 3.65. The summed E-state index contributed by atoms with van der Waals surface area (Å²) in [5.74, 6) is 1.47. The monoisotopic (exact) mass is 390 g/mol. The van der Waals surface area contributed by atoms with E-state index in [2.05, 4.69) is 27.2 Å². The van der Waals surface area contributed by atoms with E-state index in [1.54, 1.807) is 0 Å². The van der Waals surface area contributed by atoms with Crippen molar-refractivity contribution in [1.29, 1.82) is 0 Å². The molecule has 1 saturated heterocycles. The van der Waals surface area contributed by atoms with Crippen LogP contribution in [0.1, 0.15) is 24.2 Å². The van der Waals surface area contributed by atoms with Gasteiger partial charge in [0.1, 0.15) is 0 Å². The molecular formula is C23H26N4O2. The Morgan fingerprint density at radius 2 is 1.69 bits per heavy atom. The molecule has 2 heterocycles. The van der Waals surface area contributed by atoms with E-state index in [0.29, 0.717) is 24.7 Å². The van der Waals surface area contributed by atoms with Crippen molar-refractivity contribution >= 4 is 5.91 Å². The Morgan fingerprint density at radius 3 is 2.48 bits per heavy atom. The molecule has 0 unspecified atom stereocenters. The van der Waals surface area contributed by atoms with E-state index in [4.69, 9.17) is 4.52 Å². The summed E-state index contributed by atoms with van der Waals surface area (Å²) >= 11 is 0. The fourth-order valence-electron chi connectivity index (χ4n) is 3.65. The lowest BCUT2D eigenvalue weighted by Crippen LogP contribution is -2.35. The molecule has 0 aliphatic carbocycles. The van der Waals surface area contributed by atoms with Crippen LogP contribution in [0.5, 0.6) is 0 Å². The van der Waals surface area contributed by atoms with Crippen molar-refractivity contribution in [2.24, 2.45) is 0 Å². The van der Waals surface area contributed by atoms with Gasteiger partial charge in [-0.25, -0.2) is 0 Å². The molecule has 29 heavy (non-hydrogen) atoms. The zero-order chi connectivity index (χ0) is 19.9. The quantitative estimate of drug-likeness (QED) is 0.645. The van der Waals surface area contributed by atoms with Gasteiger partial charge in [0, 0.05) is 38.2 Å². The Morgan fingerprint density at radius 1 is 0.931 bits per heavy atom. The van der Waals surface area contributed by atoms with Crippen molar-refractivity contribution in [2.75, 3.05) is 26.2 Å². The zero-order valence-corrected chi connectivity index (χ0v) is 16.5. The average molecular weight is 390 g/mol. The minimum absolute atomic E-state index is 0.238. The van der Waals surface area contributed by atoms with Crippen molar-refractivity contribution in [3.63, 3.8) is 0 Å². The smallest absolute Gasteiger partial charge is 0.257 e. The molecule has 6 nitrogen and oxygen atoms in total. The summed E-state index contributed by atoms with van der Waals surface area (Å²) in [6.07, 6.45) is 2.32. The molecule has 4 rings (SSSR count). The van der Waals surface area contributed by atoms with Crippen molar-refractivity contribution < 1.29 is 9.32 Å². The minimum Gasteiger partial charge on any atom is -0.341 e. The number of amides is 1. The van der Waals surface area contributed by atoms with Gasteiger partial charge in [0.15, 0.2) is 5.82 Å². The molecule has 0 radical (unpaired) electrons. The Labute approximate surface area is 171 Å². The SMILES string of the molecule is O=C(CCc1ccccc1)N1CCCN(Cc2noc(-c3ccccc3)n2)CC1. The molecule has 1 aliphatic rings. The summed E-state index contributed by atoms with van der Waals surface area (Å²) in [5, 5.41) is 4.13. The van der Waals surface area contributed by atoms with Gasteiger partial charge in [-0.2, -0.15) is 4.98 Å². The maximum absolute atomic E-state index is 12.6. The van der Waals surface area contributed by atoms with Gasteiger partial charge in [-0.1, -0.05) is 53.7 Å². The molecular weight excluding hydrogens is 364 g/mol. The molecule has 1 aromatic heterocycles. The molecule has 2 aromatic carbocycles. The van der Waals surface area contributed by atoms with E-state index < -0.39 is 0 Å². The number of rotatable bonds is 6. The number of carbonyl (C=O) groups excluding carboxylic acids is 1. The number of hydrogen-bond donors (Lipinski definition) is 0. The van der Waals surface area contributed by atoms with Crippen molar-refractivity contribution in [3.8, 4) is 11.5 Å². The van der Waals surface area contributed by atoms with E-state index in [9.17, 15) is 4.79 Å². The number of aryl methyl sites for hydroxylation is 1. The fraction of sp³-hybridized carbons (Fsp3) is 0.348. The average Bonchev–Trinajstić information content (AvgIpc) is 3.11. The summed E-state index contributed by atoms with van der Waals surface area (Å²) < 4.78 is 5.40. The van der Waals surface area contributed by atoms with Crippen LogP contribution in [0.15, 0.2) is 65.2 Å². The first-order valence-electron chi connectivity index (χ1n) is 10.2. The predicted molar refractivity (Wildman–Crippen MR) is 111 cm³/mol. The number of benzene rings is 2. The van der Waals surface area contributed by atoms with E-state index in [1.807, 2.05) is 53.4 Å². The standard InChI is InChI=1S/C23H26N4O2/c28-22(13-12-19-8-3-1-4-9-19)27-15-7-14-26(16-17-27)18-21-24-23(29-25-21)20-10-5-2-6-11-20/h1-6,8-11H,7,12-18H2. The Balaban J connectivity index is 1.28. The summed E-state index contributed by atoms with van der Waals surface area (Å²) in [4.78, 5) is 21.4. The van der Waals surface area contributed by atoms with Crippen LogP contribution < -0.4 is 0 Å². The summed E-state index contributed by atoms with van der Waals surface area (Å²) in [5.41, 5.74) is 2.14. The molecule has 1 amide bonds. The lowest BCUT2D eigenvalue weighted by Gasteiger charge is -2.21. The van der Waals surface area contributed by atoms with Crippen molar-refractivity contribution in [3.05, 3.63) is 72.1 Å². The lowest BCUT2D eigenvalue weighted by atomic mass is 10.1. The molecule has 150 valence electrons. The first kappa shape index (κ1) is 19.3. The topological polar surface area (TPSA) is 62.5 Å². The maximum atomic E-state index is 12.6. The van der Waals surface area contributed by atoms with E-state index in [0.717, 1.165) is 44.6 Å². The Hall–Kier alpha value is -2.99. The number of aromatic nitrogens is 2. The summed E-state index contributed by atoms with van der Waals surface area (Å²) in [6, 6.07) is 20.0. The van der Waals surface area contributed by atoms with Crippen LogP contribution in [-0.4, -0.2) is 52.0 Å². The first-order chi connectivity index (χ1) is 14.3. The molecule has 0 spiro atoms. The number of hydrogen-bond acceptors (Lipinski definition) is 5.